The largest absolute Gasteiger partial charge is 0.224 e. The van der Waals surface area contributed by atoms with Crippen LogP contribution in [-0.2, 0) is 9.84 Å². The van der Waals surface area contributed by atoms with Gasteiger partial charge >= 0.3 is 0 Å². The summed E-state index contributed by atoms with van der Waals surface area (Å²) in [6, 6.07) is 7.05. The first-order valence-electron chi connectivity index (χ1n) is 5.96. The lowest BCUT2D eigenvalue weighted by molar-refractivity contribution is 0.590. The van der Waals surface area contributed by atoms with Gasteiger partial charge in [-0.1, -0.05) is 30.2 Å². The average Bonchev–Trinajstić information content (AvgIpc) is 2.29. The molecule has 2 nitrogen and oxygen atoms in total. The summed E-state index contributed by atoms with van der Waals surface area (Å²) in [5, 5.41) is 0. The summed E-state index contributed by atoms with van der Waals surface area (Å²) in [6.45, 7) is 5.59. The Kier molecular flexibility index (Phi) is 5.42. The third-order valence-electron chi connectivity index (χ3n) is 2.70. The fourth-order valence-corrected chi connectivity index (χ4v) is 2.99. The molecule has 0 aliphatic rings. The molecule has 0 radical (unpaired) electrons. The number of hydrogen-bond acceptors (Lipinski definition) is 2. The summed E-state index contributed by atoms with van der Waals surface area (Å²) in [4.78, 5) is 0.437. The molecule has 1 rings (SSSR count). The van der Waals surface area contributed by atoms with Crippen LogP contribution in [0, 0.1) is 6.92 Å². The van der Waals surface area contributed by atoms with E-state index < -0.39 is 9.84 Å². The number of unbranched alkanes of at least 4 members (excludes halogenated alkanes) is 3. The fourth-order valence-electron chi connectivity index (χ4n) is 1.62. The van der Waals surface area contributed by atoms with Crippen LogP contribution in [0.15, 0.2) is 41.8 Å². The maximum atomic E-state index is 12.0. The van der Waals surface area contributed by atoms with E-state index in [1.54, 1.807) is 12.1 Å². The Labute approximate surface area is 104 Å². The number of sulfone groups is 1. The van der Waals surface area contributed by atoms with E-state index in [0.717, 1.165) is 31.2 Å². The Morgan fingerprint density at radius 3 is 2.35 bits per heavy atom. The van der Waals surface area contributed by atoms with E-state index in [1.165, 1.54) is 0 Å². The molecule has 0 aromatic heterocycles. The lowest BCUT2D eigenvalue weighted by Gasteiger charge is -2.04. The average molecular weight is 252 g/mol. The van der Waals surface area contributed by atoms with Crippen LogP contribution in [0.2, 0.25) is 0 Å². The van der Waals surface area contributed by atoms with Gasteiger partial charge in [-0.3, -0.25) is 0 Å². The predicted octanol–water partition coefficient (Wildman–Crippen LogP) is 3.52. The minimum absolute atomic E-state index is 0.243. The molecule has 0 aliphatic heterocycles. The van der Waals surface area contributed by atoms with Crippen molar-refractivity contribution >= 4 is 9.84 Å². The Morgan fingerprint density at radius 2 is 1.76 bits per heavy atom. The van der Waals surface area contributed by atoms with Crippen LogP contribution in [0.25, 0.3) is 0 Å². The summed E-state index contributed by atoms with van der Waals surface area (Å²) in [5.74, 6) is 0.243. The zero-order valence-corrected chi connectivity index (χ0v) is 11.2. The van der Waals surface area contributed by atoms with Gasteiger partial charge in [-0.2, -0.15) is 0 Å². The first-order valence-corrected chi connectivity index (χ1v) is 7.62. The minimum Gasteiger partial charge on any atom is -0.224 e. The highest BCUT2D eigenvalue weighted by Gasteiger charge is 2.12. The van der Waals surface area contributed by atoms with Gasteiger partial charge in [-0.05, 0) is 38.3 Å². The van der Waals surface area contributed by atoms with E-state index in [-0.39, 0.29) is 5.75 Å². The molecule has 0 bridgehead atoms. The third kappa shape index (κ3) is 4.73. The topological polar surface area (TPSA) is 34.1 Å². The molecule has 0 aliphatic carbocycles. The Hall–Kier alpha value is -1.09. The number of aryl methyl sites for hydroxylation is 1. The number of rotatable bonds is 7. The molecular formula is C14H20O2S. The Balaban J connectivity index is 2.51. The normalized spacial score (nSPS) is 11.4. The lowest BCUT2D eigenvalue weighted by atomic mass is 10.2. The number of allylic oxidation sites excluding steroid dienone is 1. The molecule has 1 aromatic rings. The first kappa shape index (κ1) is 14.0. The highest BCUT2D eigenvalue weighted by Crippen LogP contribution is 2.14. The second-order valence-electron chi connectivity index (χ2n) is 4.27. The van der Waals surface area contributed by atoms with E-state index in [1.807, 2.05) is 25.1 Å². The summed E-state index contributed by atoms with van der Waals surface area (Å²) in [6.07, 6.45) is 5.52. The summed E-state index contributed by atoms with van der Waals surface area (Å²) < 4.78 is 23.9. The molecular weight excluding hydrogens is 232 g/mol. The fraction of sp³-hybridized carbons (Fsp3) is 0.429. The molecule has 0 amide bonds. The molecule has 94 valence electrons. The van der Waals surface area contributed by atoms with E-state index in [9.17, 15) is 8.42 Å². The van der Waals surface area contributed by atoms with Gasteiger partial charge in [0.2, 0.25) is 0 Å². The molecule has 0 N–H and O–H groups in total. The quantitative estimate of drug-likeness (QED) is 0.549. The van der Waals surface area contributed by atoms with Gasteiger partial charge in [0.05, 0.1) is 10.6 Å². The summed E-state index contributed by atoms with van der Waals surface area (Å²) >= 11 is 0. The molecule has 0 unspecified atom stereocenters. The van der Waals surface area contributed by atoms with Gasteiger partial charge in [0, 0.05) is 0 Å². The minimum atomic E-state index is -3.09. The number of hydrogen-bond donors (Lipinski definition) is 0. The van der Waals surface area contributed by atoms with Crippen molar-refractivity contribution in [1.82, 2.24) is 0 Å². The maximum Gasteiger partial charge on any atom is 0.178 e. The molecule has 3 heteroatoms. The van der Waals surface area contributed by atoms with E-state index in [4.69, 9.17) is 0 Å². The molecule has 0 atom stereocenters. The number of benzene rings is 1. The summed E-state index contributed by atoms with van der Waals surface area (Å²) in [7, 11) is -3.09. The van der Waals surface area contributed by atoms with Gasteiger partial charge in [0.15, 0.2) is 9.84 Å². The van der Waals surface area contributed by atoms with Crippen molar-refractivity contribution in [3.8, 4) is 0 Å². The standard InChI is InChI=1S/C14H20O2S/c1-3-4-5-6-7-12-17(15,16)14-10-8-13(2)9-11-14/h3,8-11H,1,4-7,12H2,2H3. The van der Waals surface area contributed by atoms with Crippen molar-refractivity contribution in [3.63, 3.8) is 0 Å². The molecule has 0 spiro atoms. The summed E-state index contributed by atoms with van der Waals surface area (Å²) in [5.41, 5.74) is 1.08. The van der Waals surface area contributed by atoms with Crippen molar-refractivity contribution in [1.29, 1.82) is 0 Å². The van der Waals surface area contributed by atoms with E-state index in [0.29, 0.717) is 4.90 Å². The second-order valence-corrected chi connectivity index (χ2v) is 6.38. The Morgan fingerprint density at radius 1 is 1.12 bits per heavy atom. The van der Waals surface area contributed by atoms with Gasteiger partial charge in [-0.15, -0.1) is 6.58 Å². The molecule has 17 heavy (non-hydrogen) atoms. The first-order chi connectivity index (χ1) is 8.06. The molecule has 0 fully saturated rings. The zero-order valence-electron chi connectivity index (χ0n) is 10.4. The van der Waals surface area contributed by atoms with Gasteiger partial charge < -0.3 is 0 Å². The Bertz CT molecular complexity index is 444. The van der Waals surface area contributed by atoms with Crippen LogP contribution in [0.4, 0.5) is 0 Å². The highest BCUT2D eigenvalue weighted by molar-refractivity contribution is 7.91. The van der Waals surface area contributed by atoms with Crippen LogP contribution in [0.1, 0.15) is 31.2 Å². The van der Waals surface area contributed by atoms with Crippen LogP contribution in [0.3, 0.4) is 0 Å². The second kappa shape index (κ2) is 6.60. The lowest BCUT2D eigenvalue weighted by Crippen LogP contribution is -2.06. The third-order valence-corrected chi connectivity index (χ3v) is 4.52. The van der Waals surface area contributed by atoms with E-state index in [2.05, 4.69) is 6.58 Å². The highest BCUT2D eigenvalue weighted by atomic mass is 32.2. The molecule has 0 saturated carbocycles. The molecule has 0 saturated heterocycles. The van der Waals surface area contributed by atoms with Gasteiger partial charge in [0.25, 0.3) is 0 Å². The van der Waals surface area contributed by atoms with Crippen LogP contribution in [-0.4, -0.2) is 14.2 Å². The predicted molar refractivity (Wildman–Crippen MR) is 71.9 cm³/mol. The van der Waals surface area contributed by atoms with Gasteiger partial charge in [0.1, 0.15) is 0 Å². The van der Waals surface area contributed by atoms with Crippen molar-refractivity contribution < 1.29 is 8.42 Å². The maximum absolute atomic E-state index is 12.0. The molecule has 0 heterocycles. The van der Waals surface area contributed by atoms with Crippen molar-refractivity contribution in [2.45, 2.75) is 37.5 Å². The van der Waals surface area contributed by atoms with Crippen LogP contribution < -0.4 is 0 Å². The van der Waals surface area contributed by atoms with E-state index >= 15 is 0 Å². The SMILES string of the molecule is C=CCCCCCS(=O)(=O)c1ccc(C)cc1. The van der Waals surface area contributed by atoms with Crippen LogP contribution in [0.5, 0.6) is 0 Å². The van der Waals surface area contributed by atoms with Crippen molar-refractivity contribution in [3.05, 3.63) is 42.5 Å². The zero-order chi connectivity index (χ0) is 12.7. The smallest absolute Gasteiger partial charge is 0.178 e. The van der Waals surface area contributed by atoms with Crippen molar-refractivity contribution in [2.24, 2.45) is 0 Å². The monoisotopic (exact) mass is 252 g/mol. The van der Waals surface area contributed by atoms with Crippen LogP contribution >= 0.6 is 0 Å². The molecule has 1 aromatic carbocycles. The van der Waals surface area contributed by atoms with Crippen molar-refractivity contribution in [2.75, 3.05) is 5.75 Å². The van der Waals surface area contributed by atoms with Gasteiger partial charge in [-0.25, -0.2) is 8.42 Å².